The molecule has 2 N–H and O–H groups in total. The smallest absolute Gasteiger partial charge is 0.303 e. The molecule has 0 aliphatic carbocycles. The van der Waals surface area contributed by atoms with Crippen LogP contribution in [0, 0.1) is 0 Å². The van der Waals surface area contributed by atoms with Gasteiger partial charge in [0.05, 0.1) is 6.10 Å². The molecule has 11 heteroatoms. The second kappa shape index (κ2) is 10.6. The molecular weight excluding hydrogens is 378 g/mol. The minimum absolute atomic E-state index is 0.0361. The van der Waals surface area contributed by atoms with Gasteiger partial charge in [0.2, 0.25) is 5.91 Å². The van der Waals surface area contributed by atoms with E-state index >= 15 is 0 Å². The average molecular weight is 403 g/mol. The van der Waals surface area contributed by atoms with E-state index in [1.165, 1.54) is 6.92 Å². The van der Waals surface area contributed by atoms with Crippen LogP contribution in [0.4, 0.5) is 0 Å². The summed E-state index contributed by atoms with van der Waals surface area (Å²) in [5, 5.41) is 0. The number of hydrogen-bond donors (Lipinski definition) is 1. The van der Waals surface area contributed by atoms with Crippen molar-refractivity contribution in [1.29, 1.82) is 0 Å². The molecular formula is C17H25NO10. The van der Waals surface area contributed by atoms with E-state index in [0.29, 0.717) is 0 Å². The molecule has 158 valence electrons. The molecule has 0 bridgehead atoms. The number of esters is 4. The van der Waals surface area contributed by atoms with Crippen molar-refractivity contribution in [3.05, 3.63) is 0 Å². The van der Waals surface area contributed by atoms with Gasteiger partial charge in [0.1, 0.15) is 12.7 Å². The van der Waals surface area contributed by atoms with Crippen molar-refractivity contribution in [2.24, 2.45) is 5.73 Å². The first-order valence-electron chi connectivity index (χ1n) is 8.60. The Morgan fingerprint density at radius 3 is 1.64 bits per heavy atom. The molecule has 1 saturated heterocycles. The van der Waals surface area contributed by atoms with Crippen LogP contribution >= 0.6 is 0 Å². The molecule has 5 atom stereocenters. The van der Waals surface area contributed by atoms with Gasteiger partial charge < -0.3 is 29.4 Å². The van der Waals surface area contributed by atoms with Crippen LogP contribution < -0.4 is 5.73 Å². The van der Waals surface area contributed by atoms with Gasteiger partial charge in [0, 0.05) is 34.1 Å². The van der Waals surface area contributed by atoms with Crippen LogP contribution in [0.1, 0.15) is 40.5 Å². The largest absolute Gasteiger partial charge is 0.463 e. The molecule has 1 fully saturated rings. The summed E-state index contributed by atoms with van der Waals surface area (Å²) in [6.45, 7) is 4.27. The van der Waals surface area contributed by atoms with Crippen molar-refractivity contribution in [3.8, 4) is 0 Å². The third kappa shape index (κ3) is 7.51. The van der Waals surface area contributed by atoms with Crippen LogP contribution in [0.15, 0.2) is 0 Å². The molecule has 0 aromatic carbocycles. The van der Waals surface area contributed by atoms with Crippen LogP contribution in [0.2, 0.25) is 0 Å². The fourth-order valence-electron chi connectivity index (χ4n) is 2.83. The van der Waals surface area contributed by atoms with Crippen molar-refractivity contribution in [2.75, 3.05) is 6.61 Å². The van der Waals surface area contributed by atoms with Crippen LogP contribution in [-0.2, 0) is 47.7 Å². The van der Waals surface area contributed by atoms with E-state index in [0.717, 1.165) is 20.8 Å². The first kappa shape index (κ1) is 23.3. The predicted octanol–water partition coefficient (Wildman–Crippen LogP) is -0.622. The summed E-state index contributed by atoms with van der Waals surface area (Å²) in [4.78, 5) is 57.1. The number of carbonyl (C=O) groups is 5. The second-order valence-corrected chi connectivity index (χ2v) is 6.24. The standard InChI is InChI=1S/C17H25NO10/c1-8(19)24-7-13-16(26-10(3)21)17(27-11(4)22)15(25-9(2)20)12(28-13)5-6-14(18)23/h12-13,15-17H,5-7H2,1-4H3,(H2,18,23)/t12-,13-,15+,16-,17-/m1/s1. The normalized spacial score (nSPS) is 26.6. The summed E-state index contributed by atoms with van der Waals surface area (Å²) in [6.07, 6.45) is -5.64. The lowest BCUT2D eigenvalue weighted by molar-refractivity contribution is -0.253. The number of nitrogens with two attached hydrogens (primary N) is 1. The van der Waals surface area contributed by atoms with E-state index in [9.17, 15) is 24.0 Å². The Labute approximate surface area is 161 Å². The van der Waals surface area contributed by atoms with Crippen molar-refractivity contribution >= 4 is 29.8 Å². The fourth-order valence-corrected chi connectivity index (χ4v) is 2.83. The lowest BCUT2D eigenvalue weighted by Gasteiger charge is -2.44. The highest BCUT2D eigenvalue weighted by molar-refractivity contribution is 5.73. The summed E-state index contributed by atoms with van der Waals surface area (Å²) in [6, 6.07) is 0. The van der Waals surface area contributed by atoms with E-state index in [1.807, 2.05) is 0 Å². The lowest BCUT2D eigenvalue weighted by atomic mass is 9.92. The molecule has 0 aromatic heterocycles. The Balaban J connectivity index is 3.26. The van der Waals surface area contributed by atoms with E-state index in [2.05, 4.69) is 0 Å². The van der Waals surface area contributed by atoms with Gasteiger partial charge in [-0.2, -0.15) is 0 Å². The van der Waals surface area contributed by atoms with Crippen molar-refractivity contribution < 1.29 is 47.7 Å². The van der Waals surface area contributed by atoms with Crippen LogP contribution in [0.5, 0.6) is 0 Å². The fraction of sp³-hybridized carbons (Fsp3) is 0.706. The second-order valence-electron chi connectivity index (χ2n) is 6.24. The van der Waals surface area contributed by atoms with Gasteiger partial charge in [0.25, 0.3) is 0 Å². The van der Waals surface area contributed by atoms with Gasteiger partial charge in [-0.25, -0.2) is 0 Å². The third-order valence-electron chi connectivity index (χ3n) is 3.76. The Morgan fingerprint density at radius 2 is 1.21 bits per heavy atom. The molecule has 0 radical (unpaired) electrons. The summed E-state index contributed by atoms with van der Waals surface area (Å²) < 4.78 is 26.5. The molecule has 0 spiro atoms. The van der Waals surface area contributed by atoms with Gasteiger partial charge in [-0.15, -0.1) is 0 Å². The summed E-state index contributed by atoms with van der Waals surface area (Å²) in [5.41, 5.74) is 5.17. The zero-order valence-corrected chi connectivity index (χ0v) is 16.2. The molecule has 1 amide bonds. The minimum Gasteiger partial charge on any atom is -0.463 e. The zero-order valence-electron chi connectivity index (χ0n) is 16.2. The molecule has 11 nitrogen and oxygen atoms in total. The Morgan fingerprint density at radius 1 is 0.750 bits per heavy atom. The molecule has 1 heterocycles. The molecule has 1 rings (SSSR count). The van der Waals surface area contributed by atoms with E-state index in [4.69, 9.17) is 29.4 Å². The molecule has 28 heavy (non-hydrogen) atoms. The first-order valence-corrected chi connectivity index (χ1v) is 8.60. The Hall–Kier alpha value is -2.69. The quantitative estimate of drug-likeness (QED) is 0.409. The summed E-state index contributed by atoms with van der Waals surface area (Å²) in [5.74, 6) is -3.36. The first-order chi connectivity index (χ1) is 13.0. The maximum absolute atomic E-state index is 11.6. The molecule has 0 unspecified atom stereocenters. The number of rotatable bonds is 8. The van der Waals surface area contributed by atoms with Crippen molar-refractivity contribution in [1.82, 2.24) is 0 Å². The van der Waals surface area contributed by atoms with Crippen LogP contribution in [-0.4, -0.2) is 66.9 Å². The third-order valence-corrected chi connectivity index (χ3v) is 3.76. The molecule has 0 saturated carbocycles. The Kier molecular flexibility index (Phi) is 8.83. The summed E-state index contributed by atoms with van der Waals surface area (Å²) >= 11 is 0. The number of amides is 1. The average Bonchev–Trinajstić information content (AvgIpc) is 2.54. The number of hydrogen-bond acceptors (Lipinski definition) is 10. The van der Waals surface area contributed by atoms with Crippen molar-refractivity contribution in [3.63, 3.8) is 0 Å². The predicted molar refractivity (Wildman–Crippen MR) is 90.4 cm³/mol. The molecule has 1 aliphatic rings. The number of carbonyl (C=O) groups excluding carboxylic acids is 5. The lowest BCUT2D eigenvalue weighted by Crippen LogP contribution is -2.62. The maximum atomic E-state index is 11.6. The van der Waals surface area contributed by atoms with Gasteiger partial charge >= 0.3 is 23.9 Å². The Bertz CT molecular complexity index is 575. The highest BCUT2D eigenvalue weighted by Gasteiger charge is 2.51. The van der Waals surface area contributed by atoms with Gasteiger partial charge in [-0.05, 0) is 6.42 Å². The monoisotopic (exact) mass is 403 g/mol. The highest BCUT2D eigenvalue weighted by Crippen LogP contribution is 2.31. The van der Waals surface area contributed by atoms with E-state index in [-0.39, 0.29) is 19.4 Å². The van der Waals surface area contributed by atoms with Gasteiger partial charge in [0.15, 0.2) is 18.3 Å². The topological polar surface area (TPSA) is 158 Å². The number of primary amides is 1. The van der Waals surface area contributed by atoms with E-state index < -0.39 is 60.3 Å². The summed E-state index contributed by atoms with van der Waals surface area (Å²) in [7, 11) is 0. The maximum Gasteiger partial charge on any atom is 0.303 e. The minimum atomic E-state index is -1.24. The van der Waals surface area contributed by atoms with Crippen molar-refractivity contribution in [2.45, 2.75) is 71.1 Å². The highest BCUT2D eigenvalue weighted by atomic mass is 16.7. The number of ether oxygens (including phenoxy) is 5. The molecule has 1 aliphatic heterocycles. The SMILES string of the molecule is CC(=O)OC[C@H]1O[C@H](CCC(N)=O)[C@H](OC(C)=O)[C@@H](OC(C)=O)[C@@H]1OC(C)=O. The van der Waals surface area contributed by atoms with E-state index in [1.54, 1.807) is 0 Å². The van der Waals surface area contributed by atoms with Gasteiger partial charge in [-0.3, -0.25) is 24.0 Å². The van der Waals surface area contributed by atoms with Crippen LogP contribution in [0.3, 0.4) is 0 Å². The zero-order chi connectivity index (χ0) is 21.4. The van der Waals surface area contributed by atoms with Gasteiger partial charge in [-0.1, -0.05) is 0 Å². The molecule has 0 aromatic rings. The van der Waals surface area contributed by atoms with Crippen LogP contribution in [0.25, 0.3) is 0 Å².